The Morgan fingerprint density at radius 1 is 0.604 bits per heavy atom. The minimum atomic E-state index is -1.93. The molecule has 53 heavy (non-hydrogen) atoms. The van der Waals surface area contributed by atoms with Crippen LogP contribution in [-0.4, -0.2) is 172 Å². The number of hydrogen-bond acceptors (Lipinski definition) is 19. The van der Waals surface area contributed by atoms with Crippen molar-refractivity contribution in [1.82, 2.24) is 0 Å². The average molecular weight is 758 g/mol. The summed E-state index contributed by atoms with van der Waals surface area (Å²) in [7, 11) is 0. The number of phenolic OH excluding ortho intramolecular Hbond substituents is 3. The quantitative estimate of drug-likeness (QED) is 0.0751. The lowest BCUT2D eigenvalue weighted by atomic mass is 9.98. The highest BCUT2D eigenvalue weighted by molar-refractivity contribution is 5.89. The number of benzene rings is 2. The molecule has 3 aliphatic rings. The van der Waals surface area contributed by atoms with Gasteiger partial charge in [-0.05, 0) is 19.1 Å². The van der Waals surface area contributed by atoms with E-state index < -0.39 is 123 Å². The molecule has 0 spiro atoms. The van der Waals surface area contributed by atoms with E-state index in [0.29, 0.717) is 0 Å². The Balaban J connectivity index is 1.34. The monoisotopic (exact) mass is 757 g/mol. The van der Waals surface area contributed by atoms with Gasteiger partial charge in [0.15, 0.2) is 17.8 Å². The third kappa shape index (κ3) is 7.65. The fraction of sp³-hybridized carbons (Fsp3) is 0.545. The molecule has 6 rings (SSSR count). The summed E-state index contributed by atoms with van der Waals surface area (Å²) in [6.45, 7) is 0.0730. The van der Waals surface area contributed by atoms with Crippen molar-refractivity contribution in [2.75, 3.05) is 13.2 Å². The van der Waals surface area contributed by atoms with Crippen LogP contribution in [0.5, 0.6) is 28.7 Å². The number of aromatic hydroxyl groups is 3. The first-order chi connectivity index (χ1) is 25.1. The molecule has 0 radical (unpaired) electrons. The van der Waals surface area contributed by atoms with Gasteiger partial charge in [0, 0.05) is 18.2 Å². The number of ether oxygens (including phenoxy) is 6. The van der Waals surface area contributed by atoms with Crippen LogP contribution in [0.2, 0.25) is 0 Å². The normalized spacial score (nSPS) is 37.8. The van der Waals surface area contributed by atoms with Crippen molar-refractivity contribution in [2.45, 2.75) is 99.0 Å². The van der Waals surface area contributed by atoms with Gasteiger partial charge < -0.3 is 94.8 Å². The second-order valence-corrected chi connectivity index (χ2v) is 13.0. The van der Waals surface area contributed by atoms with Gasteiger partial charge in [-0.3, -0.25) is 0 Å². The van der Waals surface area contributed by atoms with E-state index in [0.717, 1.165) is 24.3 Å². The van der Waals surface area contributed by atoms with Crippen molar-refractivity contribution in [3.63, 3.8) is 0 Å². The van der Waals surface area contributed by atoms with E-state index >= 15 is 0 Å². The molecule has 3 fully saturated rings. The third-order valence-corrected chi connectivity index (χ3v) is 9.27. The van der Waals surface area contributed by atoms with E-state index in [4.69, 9.17) is 32.8 Å². The summed E-state index contributed by atoms with van der Waals surface area (Å²) in [5.74, 6) is -2.24. The molecule has 13 N–H and O–H groups in total. The first-order valence-electron chi connectivity index (χ1n) is 16.4. The maximum Gasteiger partial charge on any atom is 0.402 e. The van der Waals surface area contributed by atoms with Gasteiger partial charge >= 0.3 is 11.3 Å². The molecule has 15 atom stereocenters. The molecule has 3 aliphatic heterocycles. The van der Waals surface area contributed by atoms with Crippen molar-refractivity contribution >= 4 is 11.0 Å². The zero-order chi connectivity index (χ0) is 38.5. The zero-order valence-corrected chi connectivity index (χ0v) is 27.7. The SMILES string of the molecule is C[C@@H]1O[C@@H](OC[C@H]2O[C@@H](Oc3cc4c(O[C@@H]5O[C@H](CO)[C@@H](O)[C@H](O)[C@H]5O)cc(O)cc4[o+]c3-c3ccc(O)c(O)c3)[C@H](O)[C@@H](O)[C@@H]2O)[C@H](O)[C@H](O)[C@H]1O. The van der Waals surface area contributed by atoms with Gasteiger partial charge in [-0.25, -0.2) is 4.42 Å². The first-order valence-corrected chi connectivity index (χ1v) is 16.4. The lowest BCUT2D eigenvalue weighted by Crippen LogP contribution is -2.61. The molecule has 2 aromatic carbocycles. The Morgan fingerprint density at radius 2 is 1.19 bits per heavy atom. The summed E-state index contributed by atoms with van der Waals surface area (Å²) < 4.78 is 40.0. The van der Waals surface area contributed by atoms with Crippen LogP contribution in [0.3, 0.4) is 0 Å². The largest absolute Gasteiger partial charge is 0.507 e. The van der Waals surface area contributed by atoms with E-state index in [1.807, 2.05) is 0 Å². The predicted molar refractivity (Wildman–Crippen MR) is 171 cm³/mol. The second kappa shape index (κ2) is 15.6. The van der Waals surface area contributed by atoms with Gasteiger partial charge in [0.05, 0.1) is 30.9 Å². The summed E-state index contributed by atoms with van der Waals surface area (Å²) in [5.41, 5.74) is -0.0417. The Hall–Kier alpha value is -3.71. The summed E-state index contributed by atoms with van der Waals surface area (Å²) in [4.78, 5) is 0. The van der Waals surface area contributed by atoms with E-state index in [9.17, 15) is 66.4 Å². The molecule has 20 heteroatoms. The molecule has 0 saturated carbocycles. The molecule has 20 nitrogen and oxygen atoms in total. The molecule has 0 aliphatic carbocycles. The van der Waals surface area contributed by atoms with Crippen LogP contribution in [0.1, 0.15) is 6.92 Å². The van der Waals surface area contributed by atoms with E-state index in [1.165, 1.54) is 19.1 Å². The summed E-state index contributed by atoms with van der Waals surface area (Å²) in [6.07, 6.45) is -24.5. The molecule has 3 aromatic rings. The second-order valence-electron chi connectivity index (χ2n) is 13.0. The Bertz CT molecular complexity index is 1740. The zero-order valence-electron chi connectivity index (χ0n) is 27.7. The van der Waals surface area contributed by atoms with Crippen LogP contribution in [-0.2, 0) is 18.9 Å². The van der Waals surface area contributed by atoms with Crippen molar-refractivity contribution in [3.05, 3.63) is 36.4 Å². The number of aliphatic hydroxyl groups is 10. The minimum absolute atomic E-state index is 0.00873. The molecular weight excluding hydrogens is 716 g/mol. The van der Waals surface area contributed by atoms with E-state index in [1.54, 1.807) is 0 Å². The molecule has 292 valence electrons. The molecule has 0 amide bonds. The standard InChI is InChI=1S/C33H40O20/c1-10-21(38)24(41)27(44)31(48-10)47-9-20-23(40)26(43)29(46)33(53-20)51-18-7-13-16(49-30(18)11-2-3-14(36)15(37)4-11)5-12(35)6-17(13)50-32-28(45)25(42)22(39)19(8-34)52-32/h2-7,10,19-29,31-34,38-46H,8-9H2,1H3,(H2-,35,36,37)/p+1/t10-,19+,20+,21-,22+,23+,24+,25-,26-,27+,28+,29+,31+,32+,33+/m0/s1. The van der Waals surface area contributed by atoms with E-state index in [2.05, 4.69) is 0 Å². The lowest BCUT2D eigenvalue weighted by Gasteiger charge is -2.42. The van der Waals surface area contributed by atoms with Crippen LogP contribution >= 0.6 is 0 Å². The number of aliphatic hydroxyl groups excluding tert-OH is 10. The Labute approximate surface area is 299 Å². The number of phenols is 3. The van der Waals surface area contributed by atoms with Crippen LogP contribution in [0.4, 0.5) is 0 Å². The highest BCUT2D eigenvalue weighted by Gasteiger charge is 2.49. The Morgan fingerprint density at radius 3 is 1.83 bits per heavy atom. The topological polar surface area (TPSA) is 330 Å². The van der Waals surface area contributed by atoms with Crippen molar-refractivity contribution < 1.29 is 99.2 Å². The lowest BCUT2D eigenvalue weighted by molar-refractivity contribution is -0.318. The summed E-state index contributed by atoms with van der Waals surface area (Å²) in [6, 6.07) is 7.01. The molecule has 0 bridgehead atoms. The highest BCUT2D eigenvalue weighted by Crippen LogP contribution is 2.43. The van der Waals surface area contributed by atoms with Gasteiger partial charge in [0.25, 0.3) is 0 Å². The fourth-order valence-electron chi connectivity index (χ4n) is 6.13. The Kier molecular flexibility index (Phi) is 11.5. The van der Waals surface area contributed by atoms with Crippen LogP contribution in [0.25, 0.3) is 22.3 Å². The number of hydrogen-bond donors (Lipinski definition) is 13. The van der Waals surface area contributed by atoms with Crippen LogP contribution in [0.15, 0.2) is 40.8 Å². The predicted octanol–water partition coefficient (Wildman–Crippen LogP) is -3.29. The molecular formula is C33H41O20+. The minimum Gasteiger partial charge on any atom is -0.507 e. The maximum atomic E-state index is 10.9. The van der Waals surface area contributed by atoms with Crippen molar-refractivity contribution in [2.24, 2.45) is 0 Å². The van der Waals surface area contributed by atoms with Crippen LogP contribution in [0, 0.1) is 0 Å². The molecule has 3 saturated heterocycles. The molecule has 4 heterocycles. The van der Waals surface area contributed by atoms with Gasteiger partial charge in [0.1, 0.15) is 84.0 Å². The average Bonchev–Trinajstić information content (AvgIpc) is 3.13. The smallest absolute Gasteiger partial charge is 0.402 e. The highest BCUT2D eigenvalue weighted by atomic mass is 16.7. The van der Waals surface area contributed by atoms with Crippen molar-refractivity contribution in [1.29, 1.82) is 0 Å². The maximum absolute atomic E-state index is 10.9. The third-order valence-electron chi connectivity index (χ3n) is 9.27. The number of rotatable bonds is 9. The number of fused-ring (bicyclic) bond motifs is 1. The molecule has 0 unspecified atom stereocenters. The van der Waals surface area contributed by atoms with Gasteiger partial charge in [-0.15, -0.1) is 0 Å². The summed E-state index contributed by atoms with van der Waals surface area (Å²) >= 11 is 0. The van der Waals surface area contributed by atoms with Gasteiger partial charge in [-0.2, -0.15) is 0 Å². The fourth-order valence-corrected chi connectivity index (χ4v) is 6.13. The summed E-state index contributed by atoms with van der Waals surface area (Å²) in [5, 5.41) is 134. The van der Waals surface area contributed by atoms with E-state index in [-0.39, 0.29) is 33.8 Å². The van der Waals surface area contributed by atoms with Crippen molar-refractivity contribution in [3.8, 4) is 40.1 Å². The van der Waals surface area contributed by atoms with Crippen LogP contribution < -0.4 is 9.47 Å². The van der Waals surface area contributed by atoms with Gasteiger partial charge in [0.2, 0.25) is 18.3 Å². The first kappa shape index (κ1) is 39.0. The molecule has 1 aromatic heterocycles. The van der Waals surface area contributed by atoms with Gasteiger partial charge in [-0.1, -0.05) is 0 Å².